The summed E-state index contributed by atoms with van der Waals surface area (Å²) in [6, 6.07) is 0. The molecule has 0 amide bonds. The Morgan fingerprint density at radius 3 is 1.28 bits per heavy atom. The average Bonchev–Trinajstić information content (AvgIpc) is 2.61. The van der Waals surface area contributed by atoms with Crippen molar-refractivity contribution in [2.75, 3.05) is 0 Å². The van der Waals surface area contributed by atoms with Crippen molar-refractivity contribution >= 4 is 0 Å². The van der Waals surface area contributed by atoms with Gasteiger partial charge >= 0.3 is 0 Å². The lowest BCUT2D eigenvalue weighted by molar-refractivity contribution is -0.0427. The Morgan fingerprint density at radius 1 is 0.560 bits per heavy atom. The zero-order chi connectivity index (χ0) is 18.9. The Balaban J connectivity index is 4.57. The lowest BCUT2D eigenvalue weighted by Crippen LogP contribution is -2.26. The highest BCUT2D eigenvalue weighted by Gasteiger charge is 2.20. The number of hydrogen-bond acceptors (Lipinski definition) is 1. The first-order chi connectivity index (χ1) is 12.1. The Bertz CT molecular complexity index is 237. The molecule has 0 heterocycles. The second kappa shape index (κ2) is 17.4. The van der Waals surface area contributed by atoms with Crippen LogP contribution in [0.4, 0.5) is 0 Å². The van der Waals surface area contributed by atoms with Gasteiger partial charge in [0, 0.05) is 0 Å². The van der Waals surface area contributed by atoms with E-state index < -0.39 is 0 Å². The van der Waals surface area contributed by atoms with Crippen LogP contribution in [0.2, 0.25) is 0 Å². The second-order valence-corrected chi connectivity index (χ2v) is 8.58. The molecule has 0 fully saturated rings. The molecule has 4 unspecified atom stereocenters. The van der Waals surface area contributed by atoms with E-state index in [0.29, 0.717) is 12.2 Å². The SMILES string of the molecule is CCCCCCC(CC(C)CC)OC(CCCCCC)CC(C)CC. The largest absolute Gasteiger partial charge is 0.375 e. The molecule has 0 radical (unpaired) electrons. The molecule has 0 saturated carbocycles. The van der Waals surface area contributed by atoms with Crippen molar-refractivity contribution < 1.29 is 4.74 Å². The smallest absolute Gasteiger partial charge is 0.0581 e. The highest BCUT2D eigenvalue weighted by molar-refractivity contribution is 4.70. The maximum atomic E-state index is 6.76. The lowest BCUT2D eigenvalue weighted by atomic mass is 9.94. The van der Waals surface area contributed by atoms with E-state index in [2.05, 4.69) is 41.5 Å². The molecular weight excluding hydrogens is 304 g/mol. The third-order valence-electron chi connectivity index (χ3n) is 5.87. The summed E-state index contributed by atoms with van der Waals surface area (Å²) in [6.07, 6.45) is 19.5. The maximum absolute atomic E-state index is 6.76. The molecule has 0 aliphatic rings. The highest BCUT2D eigenvalue weighted by Crippen LogP contribution is 2.25. The van der Waals surface area contributed by atoms with Crippen molar-refractivity contribution in [3.8, 4) is 0 Å². The van der Waals surface area contributed by atoms with Crippen molar-refractivity contribution in [2.45, 2.75) is 144 Å². The van der Waals surface area contributed by atoms with Gasteiger partial charge in [-0.2, -0.15) is 0 Å². The van der Waals surface area contributed by atoms with Crippen LogP contribution in [0.25, 0.3) is 0 Å². The summed E-state index contributed by atoms with van der Waals surface area (Å²) in [5.41, 5.74) is 0. The van der Waals surface area contributed by atoms with E-state index in [9.17, 15) is 0 Å². The van der Waals surface area contributed by atoms with E-state index in [-0.39, 0.29) is 0 Å². The van der Waals surface area contributed by atoms with Crippen molar-refractivity contribution in [1.82, 2.24) is 0 Å². The minimum Gasteiger partial charge on any atom is -0.375 e. The third kappa shape index (κ3) is 14.8. The van der Waals surface area contributed by atoms with E-state index >= 15 is 0 Å². The molecule has 0 aliphatic heterocycles. The van der Waals surface area contributed by atoms with Gasteiger partial charge in [-0.1, -0.05) is 106 Å². The monoisotopic (exact) mass is 354 g/mol. The Labute approximate surface area is 160 Å². The molecule has 0 aliphatic carbocycles. The summed E-state index contributed by atoms with van der Waals surface area (Å²) in [6.45, 7) is 14.0. The van der Waals surface area contributed by atoms with E-state index in [1.54, 1.807) is 0 Å². The van der Waals surface area contributed by atoms with Gasteiger partial charge in [0.15, 0.2) is 0 Å². The number of hydrogen-bond donors (Lipinski definition) is 0. The fourth-order valence-electron chi connectivity index (χ4n) is 3.58. The van der Waals surface area contributed by atoms with Gasteiger partial charge in [0.05, 0.1) is 12.2 Å². The summed E-state index contributed by atoms with van der Waals surface area (Å²) in [5.74, 6) is 1.58. The molecule has 25 heavy (non-hydrogen) atoms. The summed E-state index contributed by atoms with van der Waals surface area (Å²) < 4.78 is 6.76. The summed E-state index contributed by atoms with van der Waals surface area (Å²) >= 11 is 0. The maximum Gasteiger partial charge on any atom is 0.0581 e. The summed E-state index contributed by atoms with van der Waals surface area (Å²) in [5, 5.41) is 0. The van der Waals surface area contributed by atoms with Crippen LogP contribution in [0, 0.1) is 11.8 Å². The van der Waals surface area contributed by atoms with E-state index in [4.69, 9.17) is 4.74 Å². The molecule has 1 heteroatoms. The van der Waals surface area contributed by atoms with Gasteiger partial charge in [-0.3, -0.25) is 0 Å². The van der Waals surface area contributed by atoms with Crippen molar-refractivity contribution in [1.29, 1.82) is 0 Å². The molecule has 0 saturated heterocycles. The molecule has 0 rings (SSSR count). The molecular formula is C24H50O. The minimum absolute atomic E-state index is 0.493. The third-order valence-corrected chi connectivity index (χ3v) is 5.87. The van der Waals surface area contributed by atoms with Gasteiger partial charge in [-0.15, -0.1) is 0 Å². The average molecular weight is 355 g/mol. The number of rotatable bonds is 18. The molecule has 0 spiro atoms. The highest BCUT2D eigenvalue weighted by atomic mass is 16.5. The van der Waals surface area contributed by atoms with Gasteiger partial charge in [0.25, 0.3) is 0 Å². The predicted octanol–water partition coefficient (Wildman–Crippen LogP) is 8.55. The molecule has 0 N–H and O–H groups in total. The molecule has 0 aromatic rings. The zero-order valence-electron chi connectivity index (χ0n) is 18.6. The Hall–Kier alpha value is -0.0400. The Morgan fingerprint density at radius 2 is 0.960 bits per heavy atom. The first-order valence-corrected chi connectivity index (χ1v) is 11.7. The van der Waals surface area contributed by atoms with E-state index in [1.807, 2.05) is 0 Å². The predicted molar refractivity (Wildman–Crippen MR) is 114 cm³/mol. The minimum atomic E-state index is 0.493. The van der Waals surface area contributed by atoms with Crippen LogP contribution in [0.15, 0.2) is 0 Å². The van der Waals surface area contributed by atoms with Gasteiger partial charge in [-0.05, 0) is 37.5 Å². The van der Waals surface area contributed by atoms with Crippen LogP contribution < -0.4 is 0 Å². The Kier molecular flexibility index (Phi) is 17.3. The van der Waals surface area contributed by atoms with E-state index in [0.717, 1.165) is 11.8 Å². The number of ether oxygens (including phenoxy) is 1. The van der Waals surface area contributed by atoms with Gasteiger partial charge < -0.3 is 4.74 Å². The normalized spacial score (nSPS) is 16.6. The van der Waals surface area contributed by atoms with Gasteiger partial charge in [-0.25, -0.2) is 0 Å². The van der Waals surface area contributed by atoms with Crippen LogP contribution in [0.1, 0.15) is 131 Å². The fraction of sp³-hybridized carbons (Fsp3) is 1.00. The zero-order valence-corrected chi connectivity index (χ0v) is 18.6. The molecule has 0 aromatic heterocycles. The van der Waals surface area contributed by atoms with Gasteiger partial charge in [0.1, 0.15) is 0 Å². The van der Waals surface area contributed by atoms with Gasteiger partial charge in [0.2, 0.25) is 0 Å². The van der Waals surface area contributed by atoms with Crippen molar-refractivity contribution in [3.63, 3.8) is 0 Å². The summed E-state index contributed by atoms with van der Waals surface area (Å²) in [4.78, 5) is 0. The first kappa shape index (κ1) is 25.0. The van der Waals surface area contributed by atoms with Crippen LogP contribution in [-0.4, -0.2) is 12.2 Å². The topological polar surface area (TPSA) is 9.23 Å². The fourth-order valence-corrected chi connectivity index (χ4v) is 3.58. The molecule has 152 valence electrons. The molecule has 1 nitrogen and oxygen atoms in total. The molecule has 0 bridgehead atoms. The molecule has 0 aromatic carbocycles. The van der Waals surface area contributed by atoms with Crippen molar-refractivity contribution in [2.24, 2.45) is 11.8 Å². The van der Waals surface area contributed by atoms with Crippen LogP contribution in [-0.2, 0) is 4.74 Å². The standard InChI is InChI=1S/C24H50O/c1-7-11-13-15-17-23(19-21(5)9-3)25-24(20-22(6)10-4)18-16-14-12-8-2/h21-24H,7-20H2,1-6H3. The number of unbranched alkanes of at least 4 members (excludes halogenated alkanes) is 6. The second-order valence-electron chi connectivity index (χ2n) is 8.58. The lowest BCUT2D eigenvalue weighted by Gasteiger charge is -2.28. The first-order valence-electron chi connectivity index (χ1n) is 11.7. The van der Waals surface area contributed by atoms with Crippen LogP contribution in [0.5, 0.6) is 0 Å². The van der Waals surface area contributed by atoms with E-state index in [1.165, 1.54) is 89.9 Å². The summed E-state index contributed by atoms with van der Waals surface area (Å²) in [7, 11) is 0. The van der Waals surface area contributed by atoms with Crippen molar-refractivity contribution in [3.05, 3.63) is 0 Å². The molecule has 4 atom stereocenters. The van der Waals surface area contributed by atoms with Crippen LogP contribution in [0.3, 0.4) is 0 Å². The van der Waals surface area contributed by atoms with Crippen LogP contribution >= 0.6 is 0 Å². The quantitative estimate of drug-likeness (QED) is 0.224.